The second-order valence-electron chi connectivity index (χ2n) is 4.98. The van der Waals surface area contributed by atoms with Crippen LogP contribution in [0.5, 0.6) is 0 Å². The summed E-state index contributed by atoms with van der Waals surface area (Å²) >= 11 is 2.40. The van der Waals surface area contributed by atoms with Gasteiger partial charge in [-0.05, 0) is 46.6 Å². The summed E-state index contributed by atoms with van der Waals surface area (Å²) in [6.07, 6.45) is 8.14. The number of hydrogen-bond donors (Lipinski definition) is 2. The number of rotatable bonds is 4. The van der Waals surface area contributed by atoms with E-state index in [-0.39, 0.29) is 0 Å². The number of nitrogens with two attached hydrogens (primary N) is 1. The molecule has 0 bridgehead atoms. The van der Waals surface area contributed by atoms with E-state index in [4.69, 9.17) is 5.84 Å². The molecule has 0 radical (unpaired) electrons. The van der Waals surface area contributed by atoms with Crippen LogP contribution in [0.25, 0.3) is 0 Å². The summed E-state index contributed by atoms with van der Waals surface area (Å²) < 4.78 is 1.31. The summed E-state index contributed by atoms with van der Waals surface area (Å²) in [6, 6.07) is 8.84. The monoisotopic (exact) mass is 344 g/mol. The molecule has 1 atom stereocenters. The molecular weight excluding hydrogens is 323 g/mol. The molecule has 1 aromatic carbocycles. The maximum Gasteiger partial charge on any atom is 0.0473 e. The summed E-state index contributed by atoms with van der Waals surface area (Å²) in [5.41, 5.74) is 4.35. The molecule has 3 heteroatoms. The van der Waals surface area contributed by atoms with Crippen molar-refractivity contribution in [1.29, 1.82) is 0 Å². The molecule has 1 saturated carbocycles. The minimum absolute atomic E-state index is 0.311. The molecule has 0 amide bonds. The molecule has 0 heterocycles. The minimum atomic E-state index is 0.311. The number of halogens is 1. The van der Waals surface area contributed by atoms with E-state index in [1.54, 1.807) is 0 Å². The number of hydrogen-bond acceptors (Lipinski definition) is 2. The molecular formula is C14H21IN2. The summed E-state index contributed by atoms with van der Waals surface area (Å²) in [5.74, 6) is 6.59. The van der Waals surface area contributed by atoms with Gasteiger partial charge in [0.1, 0.15) is 0 Å². The van der Waals surface area contributed by atoms with E-state index in [1.165, 1.54) is 47.7 Å². The summed E-state index contributed by atoms with van der Waals surface area (Å²) in [5, 5.41) is 0. The third-order valence-corrected chi connectivity index (χ3v) is 4.76. The van der Waals surface area contributed by atoms with E-state index in [9.17, 15) is 0 Å². The summed E-state index contributed by atoms with van der Waals surface area (Å²) in [6.45, 7) is 0. The first-order chi connectivity index (χ1) is 8.31. The molecule has 1 aliphatic carbocycles. The van der Waals surface area contributed by atoms with Crippen molar-refractivity contribution in [3.63, 3.8) is 0 Å². The Bertz CT molecular complexity index is 348. The van der Waals surface area contributed by atoms with Crippen molar-refractivity contribution < 1.29 is 0 Å². The number of nitrogens with one attached hydrogen (secondary N) is 1. The van der Waals surface area contributed by atoms with Crippen LogP contribution < -0.4 is 11.3 Å². The van der Waals surface area contributed by atoms with Crippen molar-refractivity contribution in [2.45, 2.75) is 44.6 Å². The molecule has 1 fully saturated rings. The smallest absolute Gasteiger partial charge is 0.0473 e. The lowest BCUT2D eigenvalue weighted by atomic mass is 9.83. The maximum atomic E-state index is 5.74. The zero-order valence-electron chi connectivity index (χ0n) is 10.2. The Morgan fingerprint density at radius 2 is 1.94 bits per heavy atom. The first-order valence-corrected chi connectivity index (χ1v) is 7.59. The van der Waals surface area contributed by atoms with Gasteiger partial charge in [0.25, 0.3) is 0 Å². The van der Waals surface area contributed by atoms with Crippen LogP contribution in [-0.4, -0.2) is 0 Å². The van der Waals surface area contributed by atoms with Crippen molar-refractivity contribution in [2.75, 3.05) is 0 Å². The highest BCUT2D eigenvalue weighted by Gasteiger charge is 2.20. The van der Waals surface area contributed by atoms with Gasteiger partial charge in [-0.15, -0.1) is 0 Å². The minimum Gasteiger partial charge on any atom is -0.271 e. The normalized spacial score (nSPS) is 19.2. The van der Waals surface area contributed by atoms with E-state index in [2.05, 4.69) is 52.3 Å². The number of hydrazine groups is 1. The fraction of sp³-hybridized carbons (Fsp3) is 0.571. The zero-order valence-corrected chi connectivity index (χ0v) is 12.3. The molecule has 0 spiro atoms. The number of benzene rings is 1. The second kappa shape index (κ2) is 6.71. The van der Waals surface area contributed by atoms with E-state index < -0.39 is 0 Å². The van der Waals surface area contributed by atoms with E-state index in [0.29, 0.717) is 6.04 Å². The Balaban J connectivity index is 2.03. The van der Waals surface area contributed by atoms with Crippen molar-refractivity contribution in [1.82, 2.24) is 5.43 Å². The van der Waals surface area contributed by atoms with Gasteiger partial charge < -0.3 is 0 Å². The van der Waals surface area contributed by atoms with Gasteiger partial charge in [0.15, 0.2) is 0 Å². The standard InChI is InChI=1S/C14H21IN2/c15-13-9-5-4-8-12(13)14(17-16)10-11-6-2-1-3-7-11/h4-5,8-9,11,14,17H,1-3,6-7,10,16H2. The van der Waals surface area contributed by atoms with Crippen molar-refractivity contribution in [3.8, 4) is 0 Å². The predicted molar refractivity (Wildman–Crippen MR) is 80.4 cm³/mol. The molecule has 0 aromatic heterocycles. The van der Waals surface area contributed by atoms with Crippen LogP contribution in [0.4, 0.5) is 0 Å². The van der Waals surface area contributed by atoms with Gasteiger partial charge in [-0.2, -0.15) is 0 Å². The Hall–Kier alpha value is -0.130. The Morgan fingerprint density at radius 3 is 2.59 bits per heavy atom. The maximum absolute atomic E-state index is 5.74. The van der Waals surface area contributed by atoms with Gasteiger partial charge in [0, 0.05) is 9.61 Å². The van der Waals surface area contributed by atoms with Crippen molar-refractivity contribution in [2.24, 2.45) is 11.8 Å². The van der Waals surface area contributed by atoms with Gasteiger partial charge in [0.2, 0.25) is 0 Å². The first-order valence-electron chi connectivity index (χ1n) is 6.52. The van der Waals surface area contributed by atoms with Crippen LogP contribution in [0.3, 0.4) is 0 Å². The highest BCUT2D eigenvalue weighted by atomic mass is 127. The van der Waals surface area contributed by atoms with Crippen LogP contribution in [0.1, 0.15) is 50.1 Å². The molecule has 0 saturated heterocycles. The van der Waals surface area contributed by atoms with Gasteiger partial charge in [-0.25, -0.2) is 0 Å². The van der Waals surface area contributed by atoms with Crippen LogP contribution in [-0.2, 0) is 0 Å². The van der Waals surface area contributed by atoms with Crippen molar-refractivity contribution in [3.05, 3.63) is 33.4 Å². The highest BCUT2D eigenvalue weighted by Crippen LogP contribution is 2.32. The summed E-state index contributed by atoms with van der Waals surface area (Å²) in [4.78, 5) is 0. The molecule has 94 valence electrons. The van der Waals surface area contributed by atoms with Crippen LogP contribution in [0.15, 0.2) is 24.3 Å². The Labute approximate surface area is 117 Å². The largest absolute Gasteiger partial charge is 0.271 e. The Morgan fingerprint density at radius 1 is 1.24 bits per heavy atom. The lowest BCUT2D eigenvalue weighted by molar-refractivity contribution is 0.300. The Kier molecular flexibility index (Phi) is 5.25. The predicted octanol–water partition coefficient (Wildman–Crippen LogP) is 3.77. The molecule has 1 aliphatic rings. The molecule has 3 N–H and O–H groups in total. The molecule has 2 rings (SSSR count). The topological polar surface area (TPSA) is 38.0 Å². The van der Waals surface area contributed by atoms with Gasteiger partial charge >= 0.3 is 0 Å². The molecule has 17 heavy (non-hydrogen) atoms. The van der Waals surface area contributed by atoms with E-state index >= 15 is 0 Å². The second-order valence-corrected chi connectivity index (χ2v) is 6.14. The third kappa shape index (κ3) is 3.66. The lowest BCUT2D eigenvalue weighted by Crippen LogP contribution is -2.30. The average molecular weight is 344 g/mol. The quantitative estimate of drug-likeness (QED) is 0.496. The zero-order chi connectivity index (χ0) is 12.1. The van der Waals surface area contributed by atoms with E-state index in [1.807, 2.05) is 0 Å². The summed E-state index contributed by atoms with van der Waals surface area (Å²) in [7, 11) is 0. The molecule has 0 aliphatic heterocycles. The molecule has 1 unspecified atom stereocenters. The molecule has 1 aromatic rings. The molecule has 2 nitrogen and oxygen atoms in total. The average Bonchev–Trinajstić information content (AvgIpc) is 2.38. The highest BCUT2D eigenvalue weighted by molar-refractivity contribution is 14.1. The first kappa shape index (κ1) is 13.3. The fourth-order valence-electron chi connectivity index (χ4n) is 2.80. The fourth-order valence-corrected chi connectivity index (χ4v) is 3.56. The van der Waals surface area contributed by atoms with Crippen molar-refractivity contribution >= 4 is 22.6 Å². The SMILES string of the molecule is NNC(CC1CCCCC1)c1ccccc1I. The third-order valence-electron chi connectivity index (χ3n) is 3.78. The van der Waals surface area contributed by atoms with Gasteiger partial charge in [-0.1, -0.05) is 50.3 Å². The van der Waals surface area contributed by atoms with Crippen LogP contribution in [0.2, 0.25) is 0 Å². The lowest BCUT2D eigenvalue weighted by Gasteiger charge is -2.27. The van der Waals surface area contributed by atoms with Gasteiger partial charge in [0.05, 0.1) is 0 Å². The van der Waals surface area contributed by atoms with Crippen LogP contribution in [0, 0.1) is 9.49 Å². The van der Waals surface area contributed by atoms with Crippen LogP contribution >= 0.6 is 22.6 Å². The van der Waals surface area contributed by atoms with E-state index in [0.717, 1.165) is 5.92 Å². The van der Waals surface area contributed by atoms with Gasteiger partial charge in [-0.3, -0.25) is 11.3 Å².